The topological polar surface area (TPSA) is 50.7 Å². The maximum atomic E-state index is 9.17. The minimum atomic E-state index is 0.0946. The summed E-state index contributed by atoms with van der Waals surface area (Å²) in [6.07, 6.45) is 6.07. The summed E-state index contributed by atoms with van der Waals surface area (Å²) in [5.74, 6) is 3.65. The highest BCUT2D eigenvalue weighted by Crippen LogP contribution is 2.36. The number of rotatable bonds is 8. The average molecular weight is 342 g/mol. The summed E-state index contributed by atoms with van der Waals surface area (Å²) in [7, 11) is 1.59. The van der Waals surface area contributed by atoms with Gasteiger partial charge in [0, 0.05) is 12.6 Å². The molecule has 2 N–H and O–H groups in total. The standard InChI is InChI=1S/C15H20BrNO3/c1-4-6-20-15-13(16)7-11(8-14(15)19-3)9-17-12(5-2)10-18/h1,7-8,12,17-18H,5-6,9-10H2,2-3H3/t12-/m0/s1. The van der Waals surface area contributed by atoms with E-state index in [9.17, 15) is 0 Å². The van der Waals surface area contributed by atoms with Crippen molar-refractivity contribution in [1.82, 2.24) is 5.32 Å². The molecule has 0 aliphatic carbocycles. The quantitative estimate of drug-likeness (QED) is 0.712. The van der Waals surface area contributed by atoms with Crippen molar-refractivity contribution in [2.75, 3.05) is 20.3 Å². The second kappa shape index (κ2) is 8.85. The van der Waals surface area contributed by atoms with Crippen LogP contribution in [0.25, 0.3) is 0 Å². The summed E-state index contributed by atoms with van der Waals surface area (Å²) >= 11 is 3.46. The first-order valence-corrected chi connectivity index (χ1v) is 7.22. The van der Waals surface area contributed by atoms with E-state index in [-0.39, 0.29) is 19.3 Å². The zero-order valence-corrected chi connectivity index (χ0v) is 13.4. The van der Waals surface area contributed by atoms with Crippen LogP contribution in [-0.2, 0) is 6.54 Å². The van der Waals surface area contributed by atoms with Crippen molar-refractivity contribution in [2.45, 2.75) is 25.9 Å². The molecule has 110 valence electrons. The summed E-state index contributed by atoms with van der Waals surface area (Å²) < 4.78 is 11.6. The van der Waals surface area contributed by atoms with Crippen LogP contribution in [0.15, 0.2) is 16.6 Å². The van der Waals surface area contributed by atoms with Gasteiger partial charge in [-0.3, -0.25) is 0 Å². The first-order valence-electron chi connectivity index (χ1n) is 6.43. The summed E-state index contributed by atoms with van der Waals surface area (Å²) in [4.78, 5) is 0. The molecular weight excluding hydrogens is 322 g/mol. The Morgan fingerprint density at radius 3 is 2.80 bits per heavy atom. The van der Waals surface area contributed by atoms with Gasteiger partial charge in [-0.1, -0.05) is 12.8 Å². The maximum absolute atomic E-state index is 9.17. The highest BCUT2D eigenvalue weighted by molar-refractivity contribution is 9.10. The van der Waals surface area contributed by atoms with Gasteiger partial charge >= 0.3 is 0 Å². The summed E-state index contributed by atoms with van der Waals surface area (Å²) in [6, 6.07) is 3.94. The van der Waals surface area contributed by atoms with E-state index >= 15 is 0 Å². The van der Waals surface area contributed by atoms with Crippen LogP contribution >= 0.6 is 15.9 Å². The van der Waals surface area contributed by atoms with Gasteiger partial charge in [-0.25, -0.2) is 0 Å². The van der Waals surface area contributed by atoms with E-state index in [2.05, 4.69) is 27.2 Å². The van der Waals surface area contributed by atoms with E-state index in [0.717, 1.165) is 16.5 Å². The predicted molar refractivity (Wildman–Crippen MR) is 83.0 cm³/mol. The zero-order valence-electron chi connectivity index (χ0n) is 11.8. The van der Waals surface area contributed by atoms with E-state index in [1.807, 2.05) is 19.1 Å². The number of terminal acetylenes is 1. The molecule has 20 heavy (non-hydrogen) atoms. The van der Waals surface area contributed by atoms with Crippen LogP contribution in [0.4, 0.5) is 0 Å². The molecule has 1 atom stereocenters. The number of hydrogen-bond donors (Lipinski definition) is 2. The van der Waals surface area contributed by atoms with E-state index in [1.165, 1.54) is 0 Å². The van der Waals surface area contributed by atoms with Gasteiger partial charge in [0.15, 0.2) is 11.5 Å². The number of nitrogens with one attached hydrogen (secondary N) is 1. The van der Waals surface area contributed by atoms with Crippen LogP contribution in [-0.4, -0.2) is 31.5 Å². The summed E-state index contributed by atoms with van der Waals surface area (Å²) in [6.45, 7) is 2.98. The molecule has 0 saturated heterocycles. The minimum Gasteiger partial charge on any atom is -0.493 e. The van der Waals surface area contributed by atoms with E-state index < -0.39 is 0 Å². The van der Waals surface area contributed by atoms with Crippen LogP contribution < -0.4 is 14.8 Å². The molecule has 0 bridgehead atoms. The van der Waals surface area contributed by atoms with Gasteiger partial charge in [0.05, 0.1) is 18.2 Å². The fraction of sp³-hybridized carbons (Fsp3) is 0.467. The van der Waals surface area contributed by atoms with Crippen molar-refractivity contribution < 1.29 is 14.6 Å². The fourth-order valence-electron chi connectivity index (χ4n) is 1.73. The molecule has 0 fully saturated rings. The molecule has 0 amide bonds. The monoisotopic (exact) mass is 341 g/mol. The van der Waals surface area contributed by atoms with Gasteiger partial charge in [0.1, 0.15) is 6.61 Å². The first kappa shape index (κ1) is 16.8. The Kier molecular flexibility index (Phi) is 7.45. The number of methoxy groups -OCH3 is 1. The highest BCUT2D eigenvalue weighted by Gasteiger charge is 2.12. The molecule has 0 heterocycles. The van der Waals surface area contributed by atoms with Crippen molar-refractivity contribution in [1.29, 1.82) is 0 Å². The lowest BCUT2D eigenvalue weighted by molar-refractivity contribution is 0.238. The number of aliphatic hydroxyl groups excluding tert-OH is 1. The lowest BCUT2D eigenvalue weighted by atomic mass is 10.1. The van der Waals surface area contributed by atoms with Crippen LogP contribution in [0.3, 0.4) is 0 Å². The zero-order chi connectivity index (χ0) is 15.0. The lowest BCUT2D eigenvalue weighted by Crippen LogP contribution is -2.31. The van der Waals surface area contributed by atoms with Gasteiger partial charge in [0.2, 0.25) is 0 Å². The number of ether oxygens (including phenoxy) is 2. The third-order valence-electron chi connectivity index (χ3n) is 2.90. The Balaban J connectivity index is 2.84. The molecular formula is C15H20BrNO3. The third-order valence-corrected chi connectivity index (χ3v) is 3.49. The highest BCUT2D eigenvalue weighted by atomic mass is 79.9. The fourth-order valence-corrected chi connectivity index (χ4v) is 2.33. The van der Waals surface area contributed by atoms with Gasteiger partial charge < -0.3 is 19.9 Å². The molecule has 0 spiro atoms. The first-order chi connectivity index (χ1) is 9.65. The average Bonchev–Trinajstić information content (AvgIpc) is 2.46. The molecule has 4 nitrogen and oxygen atoms in total. The van der Waals surface area contributed by atoms with Crippen LogP contribution in [0.5, 0.6) is 11.5 Å². The second-order valence-corrected chi connectivity index (χ2v) is 5.12. The second-order valence-electron chi connectivity index (χ2n) is 4.27. The van der Waals surface area contributed by atoms with E-state index in [0.29, 0.717) is 18.0 Å². The Labute approximate surface area is 128 Å². The molecule has 5 heteroatoms. The van der Waals surface area contributed by atoms with E-state index in [1.54, 1.807) is 7.11 Å². The predicted octanol–water partition coefficient (Wildman–Crippen LogP) is 2.33. The Hall–Kier alpha value is -1.22. The van der Waals surface area contributed by atoms with Crippen LogP contribution in [0.2, 0.25) is 0 Å². The molecule has 0 aromatic heterocycles. The number of halogens is 1. The van der Waals surface area contributed by atoms with E-state index in [4.69, 9.17) is 21.0 Å². The molecule has 0 unspecified atom stereocenters. The Bertz CT molecular complexity index is 467. The largest absolute Gasteiger partial charge is 0.493 e. The Morgan fingerprint density at radius 1 is 1.50 bits per heavy atom. The van der Waals surface area contributed by atoms with Crippen molar-refractivity contribution >= 4 is 15.9 Å². The molecule has 0 saturated carbocycles. The lowest BCUT2D eigenvalue weighted by Gasteiger charge is -2.16. The molecule has 0 radical (unpaired) electrons. The molecule has 0 aliphatic rings. The third kappa shape index (κ3) is 4.71. The molecule has 1 rings (SSSR count). The summed E-state index contributed by atoms with van der Waals surface area (Å²) in [5.41, 5.74) is 1.04. The molecule has 1 aromatic carbocycles. The van der Waals surface area contributed by atoms with Gasteiger partial charge in [-0.15, -0.1) is 6.42 Å². The maximum Gasteiger partial charge on any atom is 0.176 e. The smallest absolute Gasteiger partial charge is 0.176 e. The molecule has 0 aliphatic heterocycles. The minimum absolute atomic E-state index is 0.0946. The van der Waals surface area contributed by atoms with Crippen molar-refractivity contribution in [2.24, 2.45) is 0 Å². The number of hydrogen-bond acceptors (Lipinski definition) is 4. The van der Waals surface area contributed by atoms with Gasteiger partial charge in [-0.05, 0) is 40.0 Å². The van der Waals surface area contributed by atoms with Crippen LogP contribution in [0, 0.1) is 12.3 Å². The SMILES string of the molecule is C#CCOc1c(Br)cc(CN[C@@H](CC)CO)cc1OC. The van der Waals surface area contributed by atoms with Gasteiger partial charge in [-0.2, -0.15) is 0 Å². The molecule has 1 aromatic rings. The summed E-state index contributed by atoms with van der Waals surface area (Å²) in [5, 5.41) is 12.4. The van der Waals surface area contributed by atoms with Crippen molar-refractivity contribution in [3.05, 3.63) is 22.2 Å². The normalized spacial score (nSPS) is 11.8. The van der Waals surface area contributed by atoms with Crippen molar-refractivity contribution in [3.63, 3.8) is 0 Å². The van der Waals surface area contributed by atoms with Crippen molar-refractivity contribution in [3.8, 4) is 23.8 Å². The number of aliphatic hydroxyl groups is 1. The van der Waals surface area contributed by atoms with Gasteiger partial charge in [0.25, 0.3) is 0 Å². The van der Waals surface area contributed by atoms with Crippen LogP contribution in [0.1, 0.15) is 18.9 Å². The Morgan fingerprint density at radius 2 is 2.25 bits per heavy atom. The number of benzene rings is 1.